The number of halogens is 1. The lowest BCUT2D eigenvalue weighted by atomic mass is 9.76. The molecule has 124 valence electrons. The summed E-state index contributed by atoms with van der Waals surface area (Å²) in [6.07, 6.45) is 0.401. The molecular formula is C16H20BFO5. The maximum absolute atomic E-state index is 14.5. The first-order valence-electron chi connectivity index (χ1n) is 7.60. The molecule has 1 fully saturated rings. The number of benzene rings is 1. The van der Waals surface area contributed by atoms with Gasteiger partial charge < -0.3 is 18.8 Å². The van der Waals surface area contributed by atoms with Crippen LogP contribution in [0.1, 0.15) is 43.6 Å². The van der Waals surface area contributed by atoms with Crippen molar-refractivity contribution in [3.05, 3.63) is 23.0 Å². The number of carbonyl (C=O) groups excluding carboxylic acids is 1. The number of hydrogen-bond acceptors (Lipinski definition) is 5. The molecule has 23 heavy (non-hydrogen) atoms. The van der Waals surface area contributed by atoms with E-state index in [-0.39, 0.29) is 5.56 Å². The van der Waals surface area contributed by atoms with Gasteiger partial charge in [0.15, 0.2) is 0 Å². The third kappa shape index (κ3) is 2.42. The molecule has 0 unspecified atom stereocenters. The minimum atomic E-state index is -0.727. The quantitative estimate of drug-likeness (QED) is 0.614. The molecule has 0 aliphatic carbocycles. The molecule has 0 radical (unpaired) electrons. The summed E-state index contributed by atoms with van der Waals surface area (Å²) in [6, 6.07) is 1.41. The Morgan fingerprint density at radius 2 is 1.87 bits per heavy atom. The van der Waals surface area contributed by atoms with Crippen molar-refractivity contribution in [3.8, 4) is 5.75 Å². The van der Waals surface area contributed by atoms with E-state index in [1.165, 1.54) is 13.2 Å². The molecule has 0 bridgehead atoms. The van der Waals surface area contributed by atoms with Crippen LogP contribution in [0.5, 0.6) is 5.75 Å². The van der Waals surface area contributed by atoms with Crippen LogP contribution in [0.2, 0.25) is 0 Å². The average Bonchev–Trinajstić information content (AvgIpc) is 3.02. The van der Waals surface area contributed by atoms with Crippen molar-refractivity contribution < 1.29 is 28.0 Å². The maximum Gasteiger partial charge on any atom is 0.498 e. The summed E-state index contributed by atoms with van der Waals surface area (Å²) in [7, 11) is 0.496. The second-order valence-electron chi connectivity index (χ2n) is 6.81. The number of hydrogen-bond donors (Lipinski definition) is 0. The van der Waals surface area contributed by atoms with Gasteiger partial charge in [-0.3, -0.25) is 0 Å². The second kappa shape index (κ2) is 5.21. The number of rotatable bonds is 2. The summed E-state index contributed by atoms with van der Waals surface area (Å²) < 4.78 is 36.8. The second-order valence-corrected chi connectivity index (χ2v) is 6.81. The van der Waals surface area contributed by atoms with Crippen molar-refractivity contribution >= 4 is 18.6 Å². The predicted molar refractivity (Wildman–Crippen MR) is 82.7 cm³/mol. The highest BCUT2D eigenvalue weighted by Crippen LogP contribution is 2.38. The van der Waals surface area contributed by atoms with Gasteiger partial charge in [-0.25, -0.2) is 9.18 Å². The molecule has 1 saturated heterocycles. The zero-order valence-corrected chi connectivity index (χ0v) is 14.0. The summed E-state index contributed by atoms with van der Waals surface area (Å²) in [5.41, 5.74) is -0.302. The Hall–Kier alpha value is -1.60. The molecule has 1 aromatic carbocycles. The van der Waals surface area contributed by atoms with E-state index in [9.17, 15) is 9.18 Å². The van der Waals surface area contributed by atoms with E-state index in [4.69, 9.17) is 14.0 Å². The van der Waals surface area contributed by atoms with Gasteiger partial charge in [0.2, 0.25) is 0 Å². The molecule has 3 rings (SSSR count). The van der Waals surface area contributed by atoms with Crippen molar-refractivity contribution in [2.75, 3.05) is 13.7 Å². The minimum absolute atomic E-state index is 0.124. The molecule has 0 atom stereocenters. The molecular weight excluding hydrogens is 302 g/mol. The lowest BCUT2D eigenvalue weighted by Crippen LogP contribution is -2.41. The average molecular weight is 322 g/mol. The van der Waals surface area contributed by atoms with E-state index in [0.29, 0.717) is 29.8 Å². The number of fused-ring (bicyclic) bond motifs is 1. The van der Waals surface area contributed by atoms with Gasteiger partial charge >= 0.3 is 13.1 Å². The van der Waals surface area contributed by atoms with Crippen LogP contribution in [0.25, 0.3) is 0 Å². The van der Waals surface area contributed by atoms with Gasteiger partial charge in [0.1, 0.15) is 11.6 Å². The highest BCUT2D eigenvalue weighted by Gasteiger charge is 2.53. The largest absolute Gasteiger partial charge is 0.498 e. The van der Waals surface area contributed by atoms with Crippen LogP contribution in [-0.2, 0) is 20.5 Å². The normalized spacial score (nSPS) is 21.0. The Morgan fingerprint density at radius 1 is 1.26 bits per heavy atom. The number of methoxy groups -OCH3 is 1. The van der Waals surface area contributed by atoms with Gasteiger partial charge in [-0.15, -0.1) is 0 Å². The predicted octanol–water partition coefficient (Wildman–Crippen LogP) is 1.85. The first kappa shape index (κ1) is 16.3. The van der Waals surface area contributed by atoms with E-state index < -0.39 is 30.1 Å². The van der Waals surface area contributed by atoms with Gasteiger partial charge in [0.05, 0.1) is 30.5 Å². The third-order valence-electron chi connectivity index (χ3n) is 4.85. The van der Waals surface area contributed by atoms with E-state index in [1.807, 2.05) is 27.7 Å². The van der Waals surface area contributed by atoms with Gasteiger partial charge in [0.25, 0.3) is 0 Å². The summed E-state index contributed by atoms with van der Waals surface area (Å²) in [5.74, 6) is -0.909. The van der Waals surface area contributed by atoms with Crippen LogP contribution in [0, 0.1) is 5.82 Å². The maximum atomic E-state index is 14.5. The Balaban J connectivity index is 2.10. The van der Waals surface area contributed by atoms with Gasteiger partial charge in [-0.1, -0.05) is 0 Å². The summed E-state index contributed by atoms with van der Waals surface area (Å²) >= 11 is 0. The highest BCUT2D eigenvalue weighted by atomic mass is 19.1. The zero-order valence-electron chi connectivity index (χ0n) is 14.0. The first-order chi connectivity index (χ1) is 10.7. The Bertz CT molecular complexity index is 655. The molecule has 0 aromatic heterocycles. The van der Waals surface area contributed by atoms with E-state index >= 15 is 0 Å². The number of carbonyl (C=O) groups is 1. The van der Waals surface area contributed by atoms with Gasteiger partial charge in [-0.05, 0) is 33.8 Å². The highest BCUT2D eigenvalue weighted by molar-refractivity contribution is 6.63. The molecule has 2 aliphatic rings. The Kier molecular flexibility index (Phi) is 3.68. The zero-order chi connectivity index (χ0) is 17.0. The SMILES string of the molecule is COC(=O)c1cc(B2OC(C)(C)C(C)(C)O2)c2c(c1F)CCO2. The van der Waals surface area contributed by atoms with Crippen LogP contribution in [0.3, 0.4) is 0 Å². The van der Waals surface area contributed by atoms with Crippen LogP contribution in [0.15, 0.2) is 6.07 Å². The van der Waals surface area contributed by atoms with Crippen LogP contribution in [0.4, 0.5) is 4.39 Å². The molecule has 0 saturated carbocycles. The lowest BCUT2D eigenvalue weighted by molar-refractivity contribution is 0.00578. The molecule has 0 amide bonds. The third-order valence-corrected chi connectivity index (χ3v) is 4.85. The molecule has 2 heterocycles. The first-order valence-corrected chi connectivity index (χ1v) is 7.60. The summed E-state index contributed by atoms with van der Waals surface area (Å²) in [6.45, 7) is 8.08. The van der Waals surface area contributed by atoms with E-state index in [1.54, 1.807) is 0 Å². The molecule has 7 heteroatoms. The fourth-order valence-corrected chi connectivity index (χ4v) is 2.77. The number of ether oxygens (including phenoxy) is 2. The molecule has 5 nitrogen and oxygen atoms in total. The summed E-state index contributed by atoms with van der Waals surface area (Å²) in [5, 5.41) is 0. The van der Waals surface area contributed by atoms with Crippen molar-refractivity contribution in [2.45, 2.75) is 45.3 Å². The fourth-order valence-electron chi connectivity index (χ4n) is 2.77. The van der Waals surface area contributed by atoms with Crippen molar-refractivity contribution in [1.29, 1.82) is 0 Å². The van der Waals surface area contributed by atoms with Crippen LogP contribution >= 0.6 is 0 Å². The standard InChI is InChI=1S/C16H20BFO5/c1-15(2)16(3,4)23-17(22-15)11-8-10(14(19)20-5)12(18)9-6-7-21-13(9)11/h8H,6-7H2,1-5H3. The molecule has 2 aliphatic heterocycles. The fraction of sp³-hybridized carbons (Fsp3) is 0.562. The molecule has 0 N–H and O–H groups in total. The van der Waals surface area contributed by atoms with E-state index in [0.717, 1.165) is 0 Å². The Labute approximate surface area is 135 Å². The monoisotopic (exact) mass is 322 g/mol. The summed E-state index contributed by atoms with van der Waals surface area (Å²) in [4.78, 5) is 11.9. The van der Waals surface area contributed by atoms with Crippen molar-refractivity contribution in [2.24, 2.45) is 0 Å². The number of esters is 1. The smallest absolute Gasteiger partial charge is 0.493 e. The van der Waals surface area contributed by atoms with Gasteiger partial charge in [0, 0.05) is 17.4 Å². The van der Waals surface area contributed by atoms with Crippen molar-refractivity contribution in [1.82, 2.24) is 0 Å². The lowest BCUT2D eigenvalue weighted by Gasteiger charge is -2.32. The van der Waals surface area contributed by atoms with Crippen LogP contribution in [-0.4, -0.2) is 38.0 Å². The van der Waals surface area contributed by atoms with Gasteiger partial charge in [-0.2, -0.15) is 0 Å². The Morgan fingerprint density at radius 3 is 2.43 bits per heavy atom. The topological polar surface area (TPSA) is 54.0 Å². The molecule has 0 spiro atoms. The van der Waals surface area contributed by atoms with Crippen LogP contribution < -0.4 is 10.2 Å². The molecule has 1 aromatic rings. The van der Waals surface area contributed by atoms with E-state index in [2.05, 4.69) is 4.74 Å². The minimum Gasteiger partial charge on any atom is -0.493 e. The van der Waals surface area contributed by atoms with Crippen molar-refractivity contribution in [3.63, 3.8) is 0 Å².